The van der Waals surface area contributed by atoms with Gasteiger partial charge in [-0.15, -0.1) is 0 Å². The van der Waals surface area contributed by atoms with Gasteiger partial charge in [0.1, 0.15) is 4.90 Å². The first-order valence-electron chi connectivity index (χ1n) is 3.56. The smallest absolute Gasteiger partial charge is 0.282 e. The maximum absolute atomic E-state index is 10.8. The third-order valence-corrected chi connectivity index (χ3v) is 3.13. The molecule has 1 rings (SSSR count). The molecule has 0 atom stereocenters. The minimum absolute atomic E-state index is 0.0769. The molecule has 1 N–H and O–H groups in total. The molecule has 13 heavy (non-hydrogen) atoms. The fourth-order valence-electron chi connectivity index (χ4n) is 1.10. The van der Waals surface area contributed by atoms with E-state index in [1.165, 1.54) is 6.07 Å². The van der Waals surface area contributed by atoms with Crippen LogP contribution in [-0.2, 0) is 10.1 Å². The molecule has 0 aliphatic carbocycles. The maximum atomic E-state index is 10.8. The second kappa shape index (κ2) is 3.29. The zero-order valence-corrected chi connectivity index (χ0v) is 8.78. The van der Waals surface area contributed by atoms with Crippen molar-refractivity contribution in [2.45, 2.75) is 18.7 Å². The van der Waals surface area contributed by atoms with Crippen LogP contribution < -0.4 is 0 Å². The Hall–Kier alpha value is -0.580. The molecule has 3 nitrogen and oxygen atoms in total. The normalized spacial score (nSPS) is 11.7. The second-order valence-corrected chi connectivity index (χ2v) is 4.64. The van der Waals surface area contributed by atoms with Crippen LogP contribution in [0.4, 0.5) is 0 Å². The third kappa shape index (κ3) is 2.21. The molecular formula is C8H9ClO3S. The Kier molecular flexibility index (Phi) is 2.66. The first-order valence-corrected chi connectivity index (χ1v) is 5.38. The van der Waals surface area contributed by atoms with Crippen molar-refractivity contribution < 1.29 is 13.0 Å². The summed E-state index contributed by atoms with van der Waals surface area (Å²) >= 11 is 5.71. The fraction of sp³-hybridized carbons (Fsp3) is 0.250. The Morgan fingerprint density at radius 2 is 1.85 bits per heavy atom. The van der Waals surface area contributed by atoms with Gasteiger partial charge in [0, 0.05) is 0 Å². The van der Waals surface area contributed by atoms with Gasteiger partial charge in [-0.2, -0.15) is 8.42 Å². The van der Waals surface area contributed by atoms with Gasteiger partial charge in [-0.05, 0) is 31.0 Å². The first kappa shape index (κ1) is 10.5. The predicted molar refractivity (Wildman–Crippen MR) is 50.7 cm³/mol. The van der Waals surface area contributed by atoms with E-state index in [1.54, 1.807) is 19.9 Å². The molecule has 1 aromatic rings. The summed E-state index contributed by atoms with van der Waals surface area (Å²) in [7, 11) is -4.21. The van der Waals surface area contributed by atoms with Crippen LogP contribution in [0.3, 0.4) is 0 Å². The van der Waals surface area contributed by atoms with Crippen molar-refractivity contribution in [3.05, 3.63) is 28.3 Å². The van der Waals surface area contributed by atoms with E-state index in [1.807, 2.05) is 0 Å². The van der Waals surface area contributed by atoms with Crippen molar-refractivity contribution in [2.24, 2.45) is 0 Å². The van der Waals surface area contributed by atoms with Crippen LogP contribution in [0.2, 0.25) is 5.02 Å². The van der Waals surface area contributed by atoms with E-state index >= 15 is 0 Å². The van der Waals surface area contributed by atoms with Crippen LogP contribution in [0.5, 0.6) is 0 Å². The number of hydrogen-bond donors (Lipinski definition) is 1. The average Bonchev–Trinajstić information content (AvgIpc) is 1.94. The van der Waals surface area contributed by atoms with Gasteiger partial charge >= 0.3 is 0 Å². The zero-order chi connectivity index (χ0) is 10.2. The van der Waals surface area contributed by atoms with Crippen molar-refractivity contribution >= 4 is 21.7 Å². The molecular weight excluding hydrogens is 212 g/mol. The highest BCUT2D eigenvalue weighted by Gasteiger charge is 2.16. The van der Waals surface area contributed by atoms with Gasteiger partial charge < -0.3 is 0 Å². The minimum Gasteiger partial charge on any atom is -0.282 e. The summed E-state index contributed by atoms with van der Waals surface area (Å²) in [4.78, 5) is -0.230. The zero-order valence-electron chi connectivity index (χ0n) is 7.20. The van der Waals surface area contributed by atoms with Crippen molar-refractivity contribution in [3.63, 3.8) is 0 Å². The van der Waals surface area contributed by atoms with Crippen molar-refractivity contribution in [3.8, 4) is 0 Å². The molecule has 0 saturated heterocycles. The summed E-state index contributed by atoms with van der Waals surface area (Å²) in [5.74, 6) is 0. The maximum Gasteiger partial charge on any atom is 0.296 e. The van der Waals surface area contributed by atoms with Crippen LogP contribution in [0.15, 0.2) is 17.0 Å². The Balaban J connectivity index is 3.56. The highest BCUT2D eigenvalue weighted by atomic mass is 35.5. The van der Waals surface area contributed by atoms with Crippen LogP contribution in [0.25, 0.3) is 0 Å². The lowest BCUT2D eigenvalue weighted by molar-refractivity contribution is 0.483. The van der Waals surface area contributed by atoms with Crippen molar-refractivity contribution in [1.82, 2.24) is 0 Å². The third-order valence-electron chi connectivity index (χ3n) is 1.64. The average molecular weight is 221 g/mol. The largest absolute Gasteiger partial charge is 0.296 e. The lowest BCUT2D eigenvalue weighted by atomic mass is 10.2. The van der Waals surface area contributed by atoms with Gasteiger partial charge in [-0.25, -0.2) is 0 Å². The van der Waals surface area contributed by atoms with Gasteiger partial charge in [0.25, 0.3) is 10.1 Å². The molecule has 0 aliphatic heterocycles. The topological polar surface area (TPSA) is 54.4 Å². The Morgan fingerprint density at radius 1 is 1.31 bits per heavy atom. The number of aryl methyl sites for hydroxylation is 2. The monoisotopic (exact) mass is 220 g/mol. The fourth-order valence-corrected chi connectivity index (χ4v) is 2.22. The van der Waals surface area contributed by atoms with Crippen molar-refractivity contribution in [1.29, 1.82) is 0 Å². The predicted octanol–water partition coefficient (Wildman–Crippen LogP) is 2.20. The number of benzene rings is 1. The van der Waals surface area contributed by atoms with Crippen molar-refractivity contribution in [2.75, 3.05) is 0 Å². The lowest BCUT2D eigenvalue weighted by Crippen LogP contribution is -2.00. The second-order valence-electron chi connectivity index (χ2n) is 2.87. The van der Waals surface area contributed by atoms with E-state index in [-0.39, 0.29) is 9.92 Å². The van der Waals surface area contributed by atoms with E-state index in [2.05, 4.69) is 0 Å². The van der Waals surface area contributed by atoms with Crippen LogP contribution in [0.1, 0.15) is 11.1 Å². The van der Waals surface area contributed by atoms with E-state index in [0.717, 1.165) is 5.56 Å². The highest BCUT2D eigenvalue weighted by Crippen LogP contribution is 2.26. The van der Waals surface area contributed by atoms with Gasteiger partial charge in [-0.1, -0.05) is 17.7 Å². The summed E-state index contributed by atoms with van der Waals surface area (Å²) in [6.07, 6.45) is 0. The standard InChI is InChI=1S/C8H9ClO3S/c1-5-3-6(2)8(9)7(4-5)13(10,11)12/h3-4H,1-2H3,(H,10,11,12). The molecule has 5 heteroatoms. The molecule has 72 valence electrons. The molecule has 0 radical (unpaired) electrons. The Bertz CT molecular complexity index is 437. The molecule has 0 aliphatic rings. The van der Waals surface area contributed by atoms with Gasteiger partial charge in [0.05, 0.1) is 5.02 Å². The lowest BCUT2D eigenvalue weighted by Gasteiger charge is -2.05. The van der Waals surface area contributed by atoms with Gasteiger partial charge in [0.2, 0.25) is 0 Å². The molecule has 0 spiro atoms. The molecule has 0 fully saturated rings. The summed E-state index contributed by atoms with van der Waals surface area (Å²) in [6.45, 7) is 3.42. The van der Waals surface area contributed by atoms with Crippen LogP contribution in [-0.4, -0.2) is 13.0 Å². The van der Waals surface area contributed by atoms with E-state index in [9.17, 15) is 8.42 Å². The first-order chi connectivity index (χ1) is 5.82. The van der Waals surface area contributed by atoms with E-state index in [0.29, 0.717) is 5.56 Å². The summed E-state index contributed by atoms with van der Waals surface area (Å²) in [6, 6.07) is 3.08. The highest BCUT2D eigenvalue weighted by molar-refractivity contribution is 7.86. The van der Waals surface area contributed by atoms with Crippen LogP contribution in [0, 0.1) is 13.8 Å². The van der Waals surface area contributed by atoms with Gasteiger partial charge in [-0.3, -0.25) is 4.55 Å². The number of hydrogen-bond acceptors (Lipinski definition) is 2. The molecule has 0 aromatic heterocycles. The summed E-state index contributed by atoms with van der Waals surface area (Å²) in [5, 5.41) is 0.0769. The Morgan fingerprint density at radius 3 is 2.31 bits per heavy atom. The minimum atomic E-state index is -4.21. The SMILES string of the molecule is Cc1cc(C)c(Cl)c(S(=O)(=O)O)c1. The molecule has 1 aromatic carbocycles. The molecule has 0 heterocycles. The Labute approximate surface area is 82.1 Å². The van der Waals surface area contributed by atoms with Crippen LogP contribution >= 0.6 is 11.6 Å². The van der Waals surface area contributed by atoms with Gasteiger partial charge in [0.15, 0.2) is 0 Å². The van der Waals surface area contributed by atoms with E-state index in [4.69, 9.17) is 16.2 Å². The number of halogens is 1. The van der Waals surface area contributed by atoms with E-state index < -0.39 is 10.1 Å². The quantitative estimate of drug-likeness (QED) is 0.739. The molecule has 0 bridgehead atoms. The summed E-state index contributed by atoms with van der Waals surface area (Å²) < 4.78 is 30.5. The molecule has 0 saturated carbocycles. The number of rotatable bonds is 1. The summed E-state index contributed by atoms with van der Waals surface area (Å²) in [5.41, 5.74) is 1.38. The molecule has 0 unspecified atom stereocenters. The molecule has 0 amide bonds.